The van der Waals surface area contributed by atoms with Crippen molar-refractivity contribution in [2.24, 2.45) is 0 Å². The molecular weight excluding hydrogens is 478 g/mol. The van der Waals surface area contributed by atoms with Crippen LogP contribution in [0.15, 0.2) is 48.5 Å². The van der Waals surface area contributed by atoms with Crippen molar-refractivity contribution in [2.45, 2.75) is 39.5 Å². The highest BCUT2D eigenvalue weighted by molar-refractivity contribution is 6.42. The number of hydrogen-bond acceptors (Lipinski definition) is 3. The van der Waals surface area contributed by atoms with Gasteiger partial charge in [0.15, 0.2) is 0 Å². The van der Waals surface area contributed by atoms with Gasteiger partial charge in [-0.15, -0.1) is 0 Å². The van der Waals surface area contributed by atoms with Gasteiger partial charge in [-0.1, -0.05) is 63.0 Å². The van der Waals surface area contributed by atoms with Crippen molar-refractivity contribution < 1.29 is 14.0 Å². The summed E-state index contributed by atoms with van der Waals surface area (Å²) in [5.41, 5.74) is 1.02. The lowest BCUT2D eigenvalue weighted by molar-refractivity contribution is -0.116. The Morgan fingerprint density at radius 3 is 2.41 bits per heavy atom. The summed E-state index contributed by atoms with van der Waals surface area (Å²) in [4.78, 5) is 27.2. The molecule has 0 aliphatic carbocycles. The Labute approximate surface area is 208 Å². The van der Waals surface area contributed by atoms with Gasteiger partial charge < -0.3 is 10.2 Å². The SMILES string of the molecule is CCCN(CC(=O)Nc1cc(C(C)(C)C)nn1-c1ccc(Cl)c(Cl)c1)C(=O)c1ccccc1F. The molecule has 0 radical (unpaired) electrons. The summed E-state index contributed by atoms with van der Waals surface area (Å²) in [5.74, 6) is -1.17. The average Bonchev–Trinajstić information content (AvgIpc) is 3.19. The third-order valence-corrected chi connectivity index (χ3v) is 5.85. The number of halogens is 3. The van der Waals surface area contributed by atoms with Gasteiger partial charge in [-0.05, 0) is 36.8 Å². The molecule has 0 atom stereocenters. The molecule has 3 rings (SSSR count). The molecule has 2 amide bonds. The van der Waals surface area contributed by atoms with E-state index in [4.69, 9.17) is 23.2 Å². The zero-order valence-electron chi connectivity index (χ0n) is 19.5. The monoisotopic (exact) mass is 504 g/mol. The number of benzene rings is 2. The number of amides is 2. The molecule has 0 saturated carbocycles. The van der Waals surface area contributed by atoms with E-state index < -0.39 is 17.6 Å². The van der Waals surface area contributed by atoms with Gasteiger partial charge in [0.05, 0.1) is 27.0 Å². The Kier molecular flexibility index (Phi) is 8.00. The van der Waals surface area contributed by atoms with Crippen LogP contribution in [0.1, 0.15) is 50.2 Å². The normalized spacial score (nSPS) is 11.4. The summed E-state index contributed by atoms with van der Waals surface area (Å²) < 4.78 is 15.7. The molecule has 0 unspecified atom stereocenters. The molecule has 2 aromatic carbocycles. The standard InChI is InChI=1S/C25H27Cl2FN4O2/c1-5-12-31(24(34)17-8-6-7-9-20(17)28)15-23(33)29-22-14-21(25(2,3)4)30-32(22)16-10-11-18(26)19(27)13-16/h6-11,13-14H,5,12,15H2,1-4H3,(H,29,33). The maximum Gasteiger partial charge on any atom is 0.257 e. The number of hydrogen-bond donors (Lipinski definition) is 1. The van der Waals surface area contributed by atoms with E-state index in [-0.39, 0.29) is 17.5 Å². The summed E-state index contributed by atoms with van der Waals surface area (Å²) in [6.45, 7) is 7.98. The van der Waals surface area contributed by atoms with Crippen molar-refractivity contribution in [3.8, 4) is 5.69 Å². The van der Waals surface area contributed by atoms with Crippen molar-refractivity contribution in [3.05, 3.63) is 75.7 Å². The minimum Gasteiger partial charge on any atom is -0.329 e. The van der Waals surface area contributed by atoms with Crippen LogP contribution in [0, 0.1) is 5.82 Å². The van der Waals surface area contributed by atoms with Crippen molar-refractivity contribution in [1.82, 2.24) is 14.7 Å². The molecule has 0 saturated heterocycles. The van der Waals surface area contributed by atoms with Gasteiger partial charge in [-0.25, -0.2) is 9.07 Å². The fraction of sp³-hybridized carbons (Fsp3) is 0.320. The maximum absolute atomic E-state index is 14.2. The first-order chi connectivity index (χ1) is 16.0. The summed E-state index contributed by atoms with van der Waals surface area (Å²) in [6, 6.07) is 12.6. The van der Waals surface area contributed by atoms with Crippen molar-refractivity contribution in [1.29, 1.82) is 0 Å². The lowest BCUT2D eigenvalue weighted by atomic mass is 9.92. The first-order valence-corrected chi connectivity index (χ1v) is 11.7. The Morgan fingerprint density at radius 2 is 1.79 bits per heavy atom. The van der Waals surface area contributed by atoms with Crippen LogP contribution in [0.3, 0.4) is 0 Å². The van der Waals surface area contributed by atoms with Crippen LogP contribution in [-0.4, -0.2) is 39.6 Å². The largest absolute Gasteiger partial charge is 0.329 e. The van der Waals surface area contributed by atoms with Gasteiger partial charge in [-0.2, -0.15) is 5.10 Å². The van der Waals surface area contributed by atoms with Crippen molar-refractivity contribution >= 4 is 40.8 Å². The molecule has 1 N–H and O–H groups in total. The van der Waals surface area contributed by atoms with E-state index in [1.54, 1.807) is 35.0 Å². The predicted molar refractivity (Wildman–Crippen MR) is 134 cm³/mol. The Morgan fingerprint density at radius 1 is 1.09 bits per heavy atom. The van der Waals surface area contributed by atoms with E-state index >= 15 is 0 Å². The van der Waals surface area contributed by atoms with E-state index in [2.05, 4.69) is 10.4 Å². The average molecular weight is 505 g/mol. The smallest absolute Gasteiger partial charge is 0.257 e. The highest BCUT2D eigenvalue weighted by Gasteiger charge is 2.24. The number of carbonyl (C=O) groups excluding carboxylic acids is 2. The number of nitrogens with one attached hydrogen (secondary N) is 1. The van der Waals surface area contributed by atoms with Crippen LogP contribution in [0.4, 0.5) is 10.2 Å². The zero-order chi connectivity index (χ0) is 25.0. The summed E-state index contributed by atoms with van der Waals surface area (Å²) in [7, 11) is 0. The molecule has 1 heterocycles. The molecule has 34 heavy (non-hydrogen) atoms. The Balaban J connectivity index is 1.89. The van der Waals surface area contributed by atoms with Crippen LogP contribution in [0.5, 0.6) is 0 Å². The first-order valence-electron chi connectivity index (χ1n) is 10.9. The molecule has 0 aliphatic rings. The molecule has 0 spiro atoms. The highest BCUT2D eigenvalue weighted by Crippen LogP contribution is 2.29. The summed E-state index contributed by atoms with van der Waals surface area (Å²) >= 11 is 12.2. The van der Waals surface area contributed by atoms with Gasteiger partial charge in [0.2, 0.25) is 5.91 Å². The lowest BCUT2D eigenvalue weighted by Crippen LogP contribution is -2.39. The van der Waals surface area contributed by atoms with Gasteiger partial charge >= 0.3 is 0 Å². The minimum atomic E-state index is -0.624. The molecular formula is C25H27Cl2FN4O2. The predicted octanol–water partition coefficient (Wildman–Crippen LogP) is 6.11. The van der Waals surface area contributed by atoms with Crippen molar-refractivity contribution in [2.75, 3.05) is 18.4 Å². The molecule has 3 aromatic rings. The Bertz CT molecular complexity index is 1200. The summed E-state index contributed by atoms with van der Waals surface area (Å²) in [6.07, 6.45) is 0.614. The topological polar surface area (TPSA) is 67.2 Å². The number of carbonyl (C=O) groups is 2. The maximum atomic E-state index is 14.2. The molecule has 0 aliphatic heterocycles. The van der Waals surface area contributed by atoms with E-state index in [0.717, 1.165) is 5.69 Å². The molecule has 1 aromatic heterocycles. The van der Waals surface area contributed by atoms with Gasteiger partial charge in [-0.3, -0.25) is 9.59 Å². The number of anilines is 1. The van der Waals surface area contributed by atoms with E-state index in [0.29, 0.717) is 34.5 Å². The van der Waals surface area contributed by atoms with Crippen LogP contribution in [-0.2, 0) is 10.2 Å². The molecule has 0 fully saturated rings. The highest BCUT2D eigenvalue weighted by atomic mass is 35.5. The van der Waals surface area contributed by atoms with Crippen LogP contribution >= 0.6 is 23.2 Å². The van der Waals surface area contributed by atoms with Crippen LogP contribution in [0.2, 0.25) is 10.0 Å². The fourth-order valence-corrected chi connectivity index (χ4v) is 3.63. The third-order valence-electron chi connectivity index (χ3n) is 5.11. The zero-order valence-corrected chi connectivity index (χ0v) is 21.0. The van der Waals surface area contributed by atoms with Crippen LogP contribution < -0.4 is 5.32 Å². The van der Waals surface area contributed by atoms with Crippen LogP contribution in [0.25, 0.3) is 5.69 Å². The molecule has 180 valence electrons. The quantitative estimate of drug-likeness (QED) is 0.422. The Hall–Kier alpha value is -2.90. The third kappa shape index (κ3) is 5.96. The summed E-state index contributed by atoms with van der Waals surface area (Å²) in [5, 5.41) is 8.26. The minimum absolute atomic E-state index is 0.0698. The second-order valence-electron chi connectivity index (χ2n) is 8.93. The lowest BCUT2D eigenvalue weighted by Gasteiger charge is -2.22. The van der Waals surface area contributed by atoms with Gasteiger partial charge in [0.25, 0.3) is 5.91 Å². The molecule has 9 heteroatoms. The fourth-order valence-electron chi connectivity index (χ4n) is 3.33. The van der Waals surface area contributed by atoms with Gasteiger partial charge in [0, 0.05) is 18.0 Å². The number of rotatable bonds is 7. The first kappa shape index (κ1) is 25.7. The van der Waals surface area contributed by atoms with Crippen molar-refractivity contribution in [3.63, 3.8) is 0 Å². The number of aromatic nitrogens is 2. The second-order valence-corrected chi connectivity index (χ2v) is 9.74. The van der Waals surface area contributed by atoms with Gasteiger partial charge in [0.1, 0.15) is 18.2 Å². The second kappa shape index (κ2) is 10.6. The van der Waals surface area contributed by atoms with E-state index in [1.165, 1.54) is 23.1 Å². The molecule has 6 nitrogen and oxygen atoms in total. The molecule has 0 bridgehead atoms. The van der Waals surface area contributed by atoms with E-state index in [9.17, 15) is 14.0 Å². The number of nitrogens with zero attached hydrogens (tertiary/aromatic N) is 3. The van der Waals surface area contributed by atoms with E-state index in [1.807, 2.05) is 27.7 Å².